The molecule has 1 unspecified atom stereocenters. The van der Waals surface area contributed by atoms with Gasteiger partial charge in [0.05, 0.1) is 5.71 Å². The Morgan fingerprint density at radius 3 is 2.75 bits per heavy atom. The third-order valence-electron chi connectivity index (χ3n) is 4.08. The van der Waals surface area contributed by atoms with Crippen LogP contribution in [0.5, 0.6) is 0 Å². The van der Waals surface area contributed by atoms with Crippen molar-refractivity contribution in [1.29, 1.82) is 0 Å². The van der Waals surface area contributed by atoms with E-state index in [4.69, 9.17) is 0 Å². The number of hydrogen-bond acceptors (Lipinski definition) is 2. The molecule has 0 saturated heterocycles. The van der Waals surface area contributed by atoms with E-state index in [0.29, 0.717) is 5.92 Å². The van der Waals surface area contributed by atoms with Gasteiger partial charge in [0.25, 0.3) is 0 Å². The summed E-state index contributed by atoms with van der Waals surface area (Å²) in [6, 6.07) is 15.1. The highest BCUT2D eigenvalue weighted by atomic mass is 16.1. The fourth-order valence-corrected chi connectivity index (χ4v) is 2.86. The summed E-state index contributed by atoms with van der Waals surface area (Å²) in [5.74, 6) is 0.679. The topological polar surface area (TPSA) is 29.4 Å². The molecule has 3 rings (SSSR count). The first kappa shape index (κ1) is 13.0. The van der Waals surface area contributed by atoms with Crippen LogP contribution >= 0.6 is 0 Å². The van der Waals surface area contributed by atoms with Crippen molar-refractivity contribution in [3.63, 3.8) is 0 Å². The van der Waals surface area contributed by atoms with Crippen molar-refractivity contribution >= 4 is 22.3 Å². The number of nitrogens with zero attached hydrogens (tertiary/aromatic N) is 1. The maximum absolute atomic E-state index is 11.3. The second-order valence-corrected chi connectivity index (χ2v) is 5.63. The lowest BCUT2D eigenvalue weighted by Gasteiger charge is -2.09. The number of Topliss-reactive ketones (excluding diaryl/α,β-unsaturated/α-hetero) is 1. The molecule has 1 aliphatic rings. The molecule has 0 aromatic heterocycles. The number of carbonyl (C=O) groups is 1. The molecule has 0 bridgehead atoms. The molecule has 0 amide bonds. The van der Waals surface area contributed by atoms with Crippen molar-refractivity contribution in [2.45, 2.75) is 26.2 Å². The third-order valence-corrected chi connectivity index (χ3v) is 4.08. The van der Waals surface area contributed by atoms with E-state index >= 15 is 0 Å². The Morgan fingerprint density at radius 1 is 1.20 bits per heavy atom. The number of rotatable bonds is 4. The maximum Gasteiger partial charge on any atom is 0.173 e. The lowest BCUT2D eigenvalue weighted by molar-refractivity contribution is -0.111. The summed E-state index contributed by atoms with van der Waals surface area (Å²) in [6.45, 7) is 2.44. The van der Waals surface area contributed by atoms with Gasteiger partial charge in [-0.1, -0.05) is 42.5 Å². The summed E-state index contributed by atoms with van der Waals surface area (Å²) in [4.78, 5) is 15.6. The van der Waals surface area contributed by atoms with Crippen LogP contribution < -0.4 is 0 Å². The van der Waals surface area contributed by atoms with Crippen molar-refractivity contribution in [3.05, 3.63) is 48.0 Å². The summed E-state index contributed by atoms with van der Waals surface area (Å²) < 4.78 is 0. The Balaban J connectivity index is 1.62. The van der Waals surface area contributed by atoms with Gasteiger partial charge in [-0.2, -0.15) is 0 Å². The van der Waals surface area contributed by atoms with E-state index in [1.54, 1.807) is 6.92 Å². The Kier molecular flexibility index (Phi) is 3.64. The molecular formula is C18H19NO. The first-order chi connectivity index (χ1) is 9.72. The molecule has 1 atom stereocenters. The Bertz CT molecular complexity index is 672. The average Bonchev–Trinajstić information content (AvgIpc) is 2.94. The molecule has 2 aromatic carbocycles. The van der Waals surface area contributed by atoms with Gasteiger partial charge in [-0.3, -0.25) is 9.79 Å². The van der Waals surface area contributed by atoms with Crippen molar-refractivity contribution in [1.82, 2.24) is 0 Å². The number of carbonyl (C=O) groups excluding carboxylic acids is 1. The van der Waals surface area contributed by atoms with Crippen molar-refractivity contribution in [3.8, 4) is 0 Å². The second-order valence-electron chi connectivity index (χ2n) is 5.63. The van der Waals surface area contributed by atoms with Crippen LogP contribution in [0.1, 0.15) is 25.3 Å². The van der Waals surface area contributed by atoms with E-state index in [1.807, 2.05) is 0 Å². The van der Waals surface area contributed by atoms with Crippen LogP contribution in [-0.4, -0.2) is 18.0 Å². The lowest BCUT2D eigenvalue weighted by Crippen LogP contribution is -2.09. The smallest absolute Gasteiger partial charge is 0.173 e. The molecule has 0 aliphatic carbocycles. The molecule has 2 aromatic rings. The normalized spacial score (nSPS) is 18.2. The number of hydrogen-bond donors (Lipinski definition) is 0. The number of aliphatic imine (C=N–C) groups is 1. The highest BCUT2D eigenvalue weighted by Gasteiger charge is 2.20. The average molecular weight is 265 g/mol. The van der Waals surface area contributed by atoms with Gasteiger partial charge in [-0.15, -0.1) is 0 Å². The summed E-state index contributed by atoms with van der Waals surface area (Å²) in [7, 11) is 0. The minimum atomic E-state index is 0.137. The van der Waals surface area contributed by atoms with E-state index in [2.05, 4.69) is 47.5 Å². The molecule has 0 saturated carbocycles. The molecule has 0 radical (unpaired) electrons. The summed E-state index contributed by atoms with van der Waals surface area (Å²) >= 11 is 0. The van der Waals surface area contributed by atoms with Crippen molar-refractivity contribution in [2.75, 3.05) is 6.54 Å². The first-order valence-electron chi connectivity index (χ1n) is 7.24. The van der Waals surface area contributed by atoms with E-state index in [-0.39, 0.29) is 5.78 Å². The Labute approximate surface area is 119 Å². The van der Waals surface area contributed by atoms with Gasteiger partial charge >= 0.3 is 0 Å². The predicted molar refractivity (Wildman–Crippen MR) is 83.4 cm³/mol. The van der Waals surface area contributed by atoms with E-state index in [9.17, 15) is 4.79 Å². The van der Waals surface area contributed by atoms with Gasteiger partial charge in [0, 0.05) is 13.5 Å². The van der Waals surface area contributed by atoms with Crippen LogP contribution in [0.15, 0.2) is 47.5 Å². The maximum atomic E-state index is 11.3. The summed E-state index contributed by atoms with van der Waals surface area (Å²) in [6.07, 6.45) is 3.04. The zero-order valence-corrected chi connectivity index (χ0v) is 11.8. The van der Waals surface area contributed by atoms with Gasteiger partial charge in [0.15, 0.2) is 5.78 Å². The quantitative estimate of drug-likeness (QED) is 0.826. The minimum Gasteiger partial charge on any atom is -0.293 e. The van der Waals surface area contributed by atoms with Gasteiger partial charge < -0.3 is 0 Å². The Morgan fingerprint density at radius 2 is 2.00 bits per heavy atom. The lowest BCUT2D eigenvalue weighted by atomic mass is 9.95. The largest absolute Gasteiger partial charge is 0.293 e. The molecule has 0 N–H and O–H groups in total. The second kappa shape index (κ2) is 5.58. The molecular weight excluding hydrogens is 246 g/mol. The zero-order valence-electron chi connectivity index (χ0n) is 11.8. The fraction of sp³-hybridized carbons (Fsp3) is 0.333. The van der Waals surface area contributed by atoms with Crippen LogP contribution in [0.3, 0.4) is 0 Å². The molecule has 1 heterocycles. The number of ketones is 1. The summed E-state index contributed by atoms with van der Waals surface area (Å²) in [5, 5.41) is 2.59. The standard InChI is InChI=1S/C18H19NO/c1-13(20)18-11-15(12-19-18)7-6-14-8-9-16-4-2-3-5-17(16)10-14/h2-5,8-10,15H,6-7,11-12H2,1H3. The van der Waals surface area contributed by atoms with Gasteiger partial charge in [-0.25, -0.2) is 0 Å². The molecule has 102 valence electrons. The Hall–Kier alpha value is -1.96. The monoisotopic (exact) mass is 265 g/mol. The molecule has 0 fully saturated rings. The predicted octanol–water partition coefficient (Wildman–Crippen LogP) is 3.82. The van der Waals surface area contributed by atoms with Gasteiger partial charge in [-0.05, 0) is 41.5 Å². The van der Waals surface area contributed by atoms with Gasteiger partial charge in [0.1, 0.15) is 0 Å². The van der Waals surface area contributed by atoms with Crippen molar-refractivity contribution in [2.24, 2.45) is 10.9 Å². The molecule has 0 spiro atoms. The first-order valence-corrected chi connectivity index (χ1v) is 7.24. The summed E-state index contributed by atoms with van der Waals surface area (Å²) in [5.41, 5.74) is 2.16. The highest BCUT2D eigenvalue weighted by molar-refractivity contribution is 6.39. The van der Waals surface area contributed by atoms with E-state index < -0.39 is 0 Å². The van der Waals surface area contributed by atoms with Crippen LogP contribution in [-0.2, 0) is 11.2 Å². The zero-order chi connectivity index (χ0) is 13.9. The molecule has 2 heteroatoms. The molecule has 1 aliphatic heterocycles. The van der Waals surface area contributed by atoms with Crippen LogP contribution in [0.25, 0.3) is 10.8 Å². The van der Waals surface area contributed by atoms with E-state index in [1.165, 1.54) is 16.3 Å². The molecule has 2 nitrogen and oxygen atoms in total. The number of fused-ring (bicyclic) bond motifs is 1. The third kappa shape index (κ3) is 2.79. The fourth-order valence-electron chi connectivity index (χ4n) is 2.86. The van der Waals surface area contributed by atoms with Crippen molar-refractivity contribution < 1.29 is 4.79 Å². The number of benzene rings is 2. The van der Waals surface area contributed by atoms with Crippen LogP contribution in [0.2, 0.25) is 0 Å². The van der Waals surface area contributed by atoms with E-state index in [0.717, 1.165) is 31.5 Å². The van der Waals surface area contributed by atoms with Crippen LogP contribution in [0, 0.1) is 5.92 Å². The minimum absolute atomic E-state index is 0.137. The number of aryl methyl sites for hydroxylation is 1. The highest BCUT2D eigenvalue weighted by Crippen LogP contribution is 2.22. The van der Waals surface area contributed by atoms with Crippen LogP contribution in [0.4, 0.5) is 0 Å². The SMILES string of the molecule is CC(=O)C1=NCC(CCc2ccc3ccccc3c2)C1. The molecule has 20 heavy (non-hydrogen) atoms. The van der Waals surface area contributed by atoms with Gasteiger partial charge in [0.2, 0.25) is 0 Å².